The first-order chi connectivity index (χ1) is 15.1. The maximum Gasteiger partial charge on any atom is 0.412 e. The molecular formula is C24H28N4O4. The molecule has 0 saturated heterocycles. The zero-order valence-electron chi connectivity index (χ0n) is 19.1. The largest absolute Gasteiger partial charge is 0.495 e. The second-order valence-electron chi connectivity index (χ2n) is 8.38. The molecule has 0 saturated carbocycles. The maximum atomic E-state index is 12.7. The molecule has 2 aromatic carbocycles. The lowest BCUT2D eigenvalue weighted by Crippen LogP contribution is -2.27. The minimum absolute atomic E-state index is 0.279. The Morgan fingerprint density at radius 3 is 2.22 bits per heavy atom. The highest BCUT2D eigenvalue weighted by atomic mass is 16.6. The Morgan fingerprint density at radius 2 is 1.66 bits per heavy atom. The molecule has 2 N–H and O–H groups in total. The summed E-state index contributed by atoms with van der Waals surface area (Å²) in [4.78, 5) is 24.9. The highest BCUT2D eigenvalue weighted by molar-refractivity contribution is 6.05. The van der Waals surface area contributed by atoms with E-state index in [1.807, 2.05) is 36.7 Å². The van der Waals surface area contributed by atoms with Gasteiger partial charge in [0.2, 0.25) is 0 Å². The quantitative estimate of drug-likeness (QED) is 0.580. The lowest BCUT2D eigenvalue weighted by Gasteiger charge is -2.20. The monoisotopic (exact) mass is 436 g/mol. The smallest absolute Gasteiger partial charge is 0.412 e. The van der Waals surface area contributed by atoms with Crippen molar-refractivity contribution in [3.63, 3.8) is 0 Å². The summed E-state index contributed by atoms with van der Waals surface area (Å²) in [5.74, 6) is 0.168. The third kappa shape index (κ3) is 5.66. The van der Waals surface area contributed by atoms with Crippen LogP contribution in [0.25, 0.3) is 5.69 Å². The van der Waals surface area contributed by atoms with Gasteiger partial charge in [-0.3, -0.25) is 10.1 Å². The van der Waals surface area contributed by atoms with Crippen LogP contribution in [0.1, 0.15) is 42.5 Å². The molecule has 1 aromatic heterocycles. The van der Waals surface area contributed by atoms with E-state index in [9.17, 15) is 9.59 Å². The Labute approximate surface area is 187 Å². The molecule has 168 valence electrons. The number of hydrogen-bond donors (Lipinski definition) is 2. The van der Waals surface area contributed by atoms with Gasteiger partial charge in [-0.25, -0.2) is 9.48 Å². The molecule has 0 radical (unpaired) electrons. The van der Waals surface area contributed by atoms with Crippen molar-refractivity contribution in [2.75, 3.05) is 17.7 Å². The van der Waals surface area contributed by atoms with E-state index < -0.39 is 11.7 Å². The molecule has 0 aliphatic carbocycles. The van der Waals surface area contributed by atoms with Crippen LogP contribution in [0.2, 0.25) is 0 Å². The van der Waals surface area contributed by atoms with Crippen LogP contribution in [-0.2, 0) is 4.74 Å². The number of carbonyl (C=O) groups excluding carboxylic acids is 2. The van der Waals surface area contributed by atoms with Gasteiger partial charge in [0.25, 0.3) is 5.91 Å². The van der Waals surface area contributed by atoms with E-state index in [4.69, 9.17) is 9.47 Å². The highest BCUT2D eigenvalue weighted by Gasteiger charge is 2.18. The van der Waals surface area contributed by atoms with Gasteiger partial charge < -0.3 is 14.8 Å². The first kappa shape index (κ1) is 22.9. The van der Waals surface area contributed by atoms with E-state index in [1.54, 1.807) is 51.1 Å². The zero-order chi connectivity index (χ0) is 23.5. The van der Waals surface area contributed by atoms with Crippen molar-refractivity contribution in [2.45, 2.75) is 40.2 Å². The second kappa shape index (κ2) is 9.13. The molecule has 1 heterocycles. The summed E-state index contributed by atoms with van der Waals surface area (Å²) in [6, 6.07) is 14.1. The van der Waals surface area contributed by atoms with Gasteiger partial charge in [0.15, 0.2) is 0 Å². The number of amides is 2. The number of benzene rings is 2. The van der Waals surface area contributed by atoms with Crippen molar-refractivity contribution in [2.24, 2.45) is 0 Å². The van der Waals surface area contributed by atoms with Crippen LogP contribution in [0.15, 0.2) is 48.5 Å². The number of nitrogens with zero attached hydrogens (tertiary/aromatic N) is 2. The summed E-state index contributed by atoms with van der Waals surface area (Å²) < 4.78 is 12.4. The molecule has 2 amide bonds. The molecular weight excluding hydrogens is 408 g/mol. The molecule has 0 spiro atoms. The van der Waals surface area contributed by atoms with Crippen LogP contribution in [0.4, 0.5) is 16.2 Å². The Bertz CT molecular complexity index is 1130. The molecule has 3 rings (SSSR count). The fourth-order valence-electron chi connectivity index (χ4n) is 3.14. The van der Waals surface area contributed by atoms with Gasteiger partial charge in [-0.05, 0) is 83.1 Å². The van der Waals surface area contributed by atoms with E-state index in [-0.39, 0.29) is 5.91 Å². The molecule has 3 aromatic rings. The van der Waals surface area contributed by atoms with E-state index in [1.165, 1.54) is 7.11 Å². The first-order valence-electron chi connectivity index (χ1n) is 10.2. The van der Waals surface area contributed by atoms with Gasteiger partial charge in [-0.2, -0.15) is 5.10 Å². The predicted octanol–water partition coefficient (Wildman–Crippen LogP) is 5.10. The molecule has 0 aliphatic heterocycles. The Balaban J connectivity index is 1.74. The van der Waals surface area contributed by atoms with Gasteiger partial charge in [-0.15, -0.1) is 0 Å². The standard InChI is InChI=1S/C24H28N4O4/c1-15-13-16(2)28(27-15)19-10-7-17(8-11-19)22(29)25-18-9-12-21(31-6)20(14-18)26-23(30)32-24(3,4)5/h7-14H,1-6H3,(H,25,29)(H,26,30). The average molecular weight is 437 g/mol. The van der Waals surface area contributed by atoms with E-state index in [0.717, 1.165) is 17.1 Å². The number of aromatic nitrogens is 2. The second-order valence-corrected chi connectivity index (χ2v) is 8.38. The number of aryl methyl sites for hydroxylation is 2. The lowest BCUT2D eigenvalue weighted by atomic mass is 10.1. The van der Waals surface area contributed by atoms with E-state index in [2.05, 4.69) is 15.7 Å². The summed E-state index contributed by atoms with van der Waals surface area (Å²) in [6.07, 6.45) is -0.612. The first-order valence-corrected chi connectivity index (χ1v) is 10.2. The molecule has 0 atom stereocenters. The van der Waals surface area contributed by atoms with Crippen molar-refractivity contribution in [1.29, 1.82) is 0 Å². The number of nitrogens with one attached hydrogen (secondary N) is 2. The fourth-order valence-corrected chi connectivity index (χ4v) is 3.14. The number of ether oxygens (including phenoxy) is 2. The predicted molar refractivity (Wildman–Crippen MR) is 124 cm³/mol. The maximum absolute atomic E-state index is 12.7. The van der Waals surface area contributed by atoms with Crippen LogP contribution in [0.5, 0.6) is 5.75 Å². The van der Waals surface area contributed by atoms with Crippen LogP contribution in [0.3, 0.4) is 0 Å². The van der Waals surface area contributed by atoms with Crippen molar-refractivity contribution in [1.82, 2.24) is 9.78 Å². The van der Waals surface area contributed by atoms with Crippen LogP contribution < -0.4 is 15.4 Å². The van der Waals surface area contributed by atoms with Crippen molar-refractivity contribution >= 4 is 23.4 Å². The van der Waals surface area contributed by atoms with Gasteiger partial charge in [0.05, 0.1) is 24.2 Å². The Hall–Kier alpha value is -3.81. The SMILES string of the molecule is COc1ccc(NC(=O)c2ccc(-n3nc(C)cc3C)cc2)cc1NC(=O)OC(C)(C)C. The normalized spacial score (nSPS) is 11.1. The molecule has 8 nitrogen and oxygen atoms in total. The average Bonchev–Trinajstić information content (AvgIpc) is 3.05. The van der Waals surface area contributed by atoms with Crippen LogP contribution >= 0.6 is 0 Å². The lowest BCUT2D eigenvalue weighted by molar-refractivity contribution is 0.0635. The zero-order valence-corrected chi connectivity index (χ0v) is 19.1. The highest BCUT2D eigenvalue weighted by Crippen LogP contribution is 2.29. The Morgan fingerprint density at radius 1 is 0.969 bits per heavy atom. The van der Waals surface area contributed by atoms with Crippen molar-refractivity contribution in [3.8, 4) is 11.4 Å². The van der Waals surface area contributed by atoms with Gasteiger partial charge in [-0.1, -0.05) is 0 Å². The summed E-state index contributed by atoms with van der Waals surface area (Å²) in [5, 5.41) is 9.95. The molecule has 32 heavy (non-hydrogen) atoms. The molecule has 0 fully saturated rings. The van der Waals surface area contributed by atoms with Gasteiger partial charge in [0, 0.05) is 16.9 Å². The van der Waals surface area contributed by atoms with Gasteiger partial charge >= 0.3 is 6.09 Å². The van der Waals surface area contributed by atoms with E-state index in [0.29, 0.717) is 22.7 Å². The third-order valence-electron chi connectivity index (χ3n) is 4.48. The minimum atomic E-state index is -0.636. The topological polar surface area (TPSA) is 94.5 Å². The Kier molecular flexibility index (Phi) is 6.53. The van der Waals surface area contributed by atoms with Crippen LogP contribution in [-0.4, -0.2) is 34.5 Å². The molecule has 8 heteroatoms. The number of carbonyl (C=O) groups is 2. The number of anilines is 2. The summed E-state index contributed by atoms with van der Waals surface area (Å²) in [6.45, 7) is 9.25. The number of methoxy groups -OCH3 is 1. The minimum Gasteiger partial charge on any atom is -0.495 e. The number of rotatable bonds is 5. The van der Waals surface area contributed by atoms with Crippen LogP contribution in [0, 0.1) is 13.8 Å². The molecule has 0 unspecified atom stereocenters. The molecule has 0 bridgehead atoms. The van der Waals surface area contributed by atoms with Crippen molar-refractivity contribution in [3.05, 3.63) is 65.5 Å². The summed E-state index contributed by atoms with van der Waals surface area (Å²) >= 11 is 0. The number of hydrogen-bond acceptors (Lipinski definition) is 5. The van der Waals surface area contributed by atoms with E-state index >= 15 is 0 Å². The summed E-state index contributed by atoms with van der Waals surface area (Å²) in [7, 11) is 1.50. The third-order valence-corrected chi connectivity index (χ3v) is 4.48. The summed E-state index contributed by atoms with van der Waals surface area (Å²) in [5.41, 5.74) is 3.57. The van der Waals surface area contributed by atoms with Gasteiger partial charge in [0.1, 0.15) is 11.4 Å². The molecule has 0 aliphatic rings. The van der Waals surface area contributed by atoms with Crippen molar-refractivity contribution < 1.29 is 19.1 Å². The fraction of sp³-hybridized carbons (Fsp3) is 0.292.